The van der Waals surface area contributed by atoms with E-state index >= 15 is 0 Å². The van der Waals surface area contributed by atoms with Gasteiger partial charge in [-0.25, -0.2) is 5.01 Å². The molecule has 2 aliphatic rings. The van der Waals surface area contributed by atoms with Crippen LogP contribution in [-0.4, -0.2) is 39.5 Å². The lowest BCUT2D eigenvalue weighted by molar-refractivity contribution is -0.145. The van der Waals surface area contributed by atoms with Crippen molar-refractivity contribution in [3.63, 3.8) is 0 Å². The van der Waals surface area contributed by atoms with E-state index in [1.165, 1.54) is 18.2 Å². The van der Waals surface area contributed by atoms with E-state index in [4.69, 9.17) is 4.74 Å². The van der Waals surface area contributed by atoms with Crippen molar-refractivity contribution in [3.05, 3.63) is 23.8 Å². The lowest BCUT2D eigenvalue weighted by atomic mass is 9.86. The normalized spacial score (nSPS) is 25.5. The Morgan fingerprint density at radius 3 is 2.76 bits per heavy atom. The molecule has 9 heteroatoms. The highest BCUT2D eigenvalue weighted by molar-refractivity contribution is 8.00. The van der Waals surface area contributed by atoms with Crippen LogP contribution in [0.5, 0.6) is 5.75 Å². The summed E-state index contributed by atoms with van der Waals surface area (Å²) < 4.78 is 43.8. The van der Waals surface area contributed by atoms with Gasteiger partial charge in [-0.15, -0.1) is 0 Å². The zero-order chi connectivity index (χ0) is 18.4. The summed E-state index contributed by atoms with van der Waals surface area (Å²) in [6, 6.07) is 3.14. The molecule has 0 aromatic heterocycles. The van der Waals surface area contributed by atoms with Crippen LogP contribution in [0, 0.1) is 0 Å². The highest BCUT2D eigenvalue weighted by Crippen LogP contribution is 2.46. The van der Waals surface area contributed by atoms with Crippen LogP contribution < -0.4 is 4.74 Å². The predicted molar refractivity (Wildman–Crippen MR) is 86.4 cm³/mol. The van der Waals surface area contributed by atoms with Crippen molar-refractivity contribution in [2.75, 3.05) is 0 Å². The first-order valence-electron chi connectivity index (χ1n) is 7.70. The van der Waals surface area contributed by atoms with Crippen molar-refractivity contribution in [2.45, 2.75) is 54.8 Å². The minimum atomic E-state index is -4.43. The lowest BCUT2D eigenvalue weighted by Gasteiger charge is -2.45. The lowest BCUT2D eigenvalue weighted by Crippen LogP contribution is -2.54. The molecule has 2 atom stereocenters. The van der Waals surface area contributed by atoms with Gasteiger partial charge in [0.1, 0.15) is 23.5 Å². The van der Waals surface area contributed by atoms with Crippen LogP contribution >= 0.6 is 11.8 Å². The molecule has 0 saturated heterocycles. The summed E-state index contributed by atoms with van der Waals surface area (Å²) in [5, 5.41) is 15.9. The topological polar surface area (TPSA) is 62.1 Å². The van der Waals surface area contributed by atoms with Crippen molar-refractivity contribution in [1.82, 2.24) is 5.01 Å². The Balaban J connectivity index is 2.07. The fourth-order valence-corrected chi connectivity index (χ4v) is 3.54. The Bertz CT molecular complexity index is 721. The van der Waals surface area contributed by atoms with Crippen molar-refractivity contribution >= 4 is 23.9 Å². The molecule has 0 bridgehead atoms. The van der Waals surface area contributed by atoms with E-state index in [-0.39, 0.29) is 29.0 Å². The number of alkyl halides is 3. The molecule has 1 N–H and O–H groups in total. The van der Waals surface area contributed by atoms with E-state index in [2.05, 4.69) is 5.10 Å². The van der Waals surface area contributed by atoms with Gasteiger partial charge in [0.05, 0.1) is 0 Å². The van der Waals surface area contributed by atoms with Gasteiger partial charge in [-0.05, 0) is 50.2 Å². The molecule has 1 aromatic rings. The van der Waals surface area contributed by atoms with Crippen molar-refractivity contribution in [2.24, 2.45) is 5.10 Å². The van der Waals surface area contributed by atoms with Crippen LogP contribution in [0.4, 0.5) is 13.2 Å². The number of carbonyl (C=O) groups excluding carboxylic acids is 1. The highest BCUT2D eigenvalue weighted by Gasteiger charge is 2.47. The number of benzene rings is 1. The molecule has 136 valence electrons. The van der Waals surface area contributed by atoms with Gasteiger partial charge >= 0.3 is 5.51 Å². The fourth-order valence-electron chi connectivity index (χ4n) is 2.95. The SMILES string of the molecule is CC1(C)Oc2ccc(SC(F)(F)F)cc2[C@@H](N2N=CCCC2=O)[C@@H]1O. The van der Waals surface area contributed by atoms with Gasteiger partial charge < -0.3 is 9.84 Å². The van der Waals surface area contributed by atoms with E-state index < -0.39 is 23.3 Å². The number of hydrogen-bond donors (Lipinski definition) is 1. The zero-order valence-corrected chi connectivity index (χ0v) is 14.4. The first-order valence-corrected chi connectivity index (χ1v) is 8.51. The number of rotatable bonds is 2. The minimum absolute atomic E-state index is 0.0415. The second-order valence-corrected chi connectivity index (χ2v) is 7.56. The number of fused-ring (bicyclic) bond motifs is 1. The number of hydrazone groups is 1. The maximum atomic E-state index is 12.7. The number of nitrogens with zero attached hydrogens (tertiary/aromatic N) is 2. The Hall–Kier alpha value is -1.74. The van der Waals surface area contributed by atoms with Gasteiger partial charge in [0.15, 0.2) is 0 Å². The number of thioether (sulfide) groups is 1. The van der Waals surface area contributed by atoms with E-state index in [0.717, 1.165) is 5.01 Å². The molecular weight excluding hydrogens is 357 g/mol. The molecule has 1 amide bonds. The molecule has 0 aliphatic carbocycles. The fraction of sp³-hybridized carbons (Fsp3) is 0.500. The highest BCUT2D eigenvalue weighted by atomic mass is 32.2. The molecular formula is C16H17F3N2O3S. The van der Waals surface area contributed by atoms with Gasteiger partial charge in [-0.3, -0.25) is 4.79 Å². The third-order valence-corrected chi connectivity index (χ3v) is 4.85. The Morgan fingerprint density at radius 1 is 1.40 bits per heavy atom. The number of aliphatic hydroxyl groups is 1. The largest absolute Gasteiger partial charge is 0.485 e. The van der Waals surface area contributed by atoms with Crippen molar-refractivity contribution < 1.29 is 27.8 Å². The number of ether oxygens (including phenoxy) is 1. The average Bonchev–Trinajstić information content (AvgIpc) is 2.49. The molecule has 0 radical (unpaired) electrons. The first kappa shape index (κ1) is 18.1. The number of halogens is 3. The van der Waals surface area contributed by atoms with Crippen LogP contribution in [0.15, 0.2) is 28.2 Å². The van der Waals surface area contributed by atoms with Crippen LogP contribution in [0.25, 0.3) is 0 Å². The van der Waals surface area contributed by atoms with Gasteiger partial charge in [0, 0.05) is 23.1 Å². The van der Waals surface area contributed by atoms with E-state index in [1.807, 2.05) is 0 Å². The molecule has 0 fully saturated rings. The smallest absolute Gasteiger partial charge is 0.446 e. The van der Waals surface area contributed by atoms with Crippen molar-refractivity contribution in [1.29, 1.82) is 0 Å². The first-order chi connectivity index (χ1) is 11.6. The van der Waals surface area contributed by atoms with Gasteiger partial charge in [0.2, 0.25) is 5.91 Å². The van der Waals surface area contributed by atoms with E-state index in [1.54, 1.807) is 20.1 Å². The summed E-state index contributed by atoms with van der Waals surface area (Å²) in [6.07, 6.45) is 1.14. The average molecular weight is 374 g/mol. The molecule has 0 saturated carbocycles. The standard InChI is InChI=1S/C16H17F3N2O3S/c1-15(2)14(23)13(21-12(22)4-3-7-20-21)10-8-9(25-16(17,18)19)5-6-11(10)24-15/h5-8,13-14,23H,3-4H2,1-2H3/t13-,14+/m1/s1. The van der Waals surface area contributed by atoms with Crippen LogP contribution in [0.3, 0.4) is 0 Å². The Labute approximate surface area is 146 Å². The van der Waals surface area contributed by atoms with E-state index in [0.29, 0.717) is 17.7 Å². The molecule has 5 nitrogen and oxygen atoms in total. The number of amides is 1. The van der Waals surface area contributed by atoms with Crippen LogP contribution in [0.2, 0.25) is 0 Å². The molecule has 0 unspecified atom stereocenters. The maximum Gasteiger partial charge on any atom is 0.446 e. The summed E-state index contributed by atoms with van der Waals surface area (Å²) in [5.74, 6) is 0.0458. The molecule has 3 rings (SSSR count). The number of hydrogen-bond acceptors (Lipinski definition) is 5. The molecule has 2 heterocycles. The molecule has 0 spiro atoms. The summed E-state index contributed by atoms with van der Waals surface area (Å²) in [5.41, 5.74) is -5.15. The number of aliphatic hydroxyl groups excluding tert-OH is 1. The second kappa shape index (κ2) is 6.21. The zero-order valence-electron chi connectivity index (χ0n) is 13.6. The summed E-state index contributed by atoms with van der Waals surface area (Å²) >= 11 is -0.255. The van der Waals surface area contributed by atoms with Crippen LogP contribution in [-0.2, 0) is 4.79 Å². The van der Waals surface area contributed by atoms with Gasteiger partial charge in [0.25, 0.3) is 0 Å². The molecule has 1 aromatic carbocycles. The summed E-state index contributed by atoms with van der Waals surface area (Å²) in [4.78, 5) is 12.2. The summed E-state index contributed by atoms with van der Waals surface area (Å²) in [7, 11) is 0. The second-order valence-electron chi connectivity index (χ2n) is 6.42. The van der Waals surface area contributed by atoms with Crippen molar-refractivity contribution in [3.8, 4) is 5.75 Å². The Kier molecular flexibility index (Phi) is 4.48. The molecule has 25 heavy (non-hydrogen) atoms. The number of carbonyl (C=O) groups is 1. The third kappa shape index (κ3) is 3.62. The monoisotopic (exact) mass is 374 g/mol. The summed E-state index contributed by atoms with van der Waals surface area (Å²) in [6.45, 7) is 3.31. The van der Waals surface area contributed by atoms with Gasteiger partial charge in [-0.2, -0.15) is 18.3 Å². The third-order valence-electron chi connectivity index (χ3n) is 4.13. The van der Waals surface area contributed by atoms with Gasteiger partial charge in [-0.1, -0.05) is 0 Å². The maximum absolute atomic E-state index is 12.7. The quantitative estimate of drug-likeness (QED) is 0.805. The Morgan fingerprint density at radius 2 is 2.12 bits per heavy atom. The minimum Gasteiger partial charge on any atom is -0.485 e. The van der Waals surface area contributed by atoms with E-state index in [9.17, 15) is 23.1 Å². The predicted octanol–water partition coefficient (Wildman–Crippen LogP) is 3.48. The van der Waals surface area contributed by atoms with Crippen LogP contribution in [0.1, 0.15) is 38.3 Å². The molecule has 2 aliphatic heterocycles.